The highest BCUT2D eigenvalue weighted by Gasteiger charge is 2.44. The lowest BCUT2D eigenvalue weighted by atomic mass is 9.83. The van der Waals surface area contributed by atoms with Crippen molar-refractivity contribution in [1.82, 2.24) is 0 Å². The van der Waals surface area contributed by atoms with Crippen LogP contribution in [-0.2, 0) is 0 Å². The lowest BCUT2D eigenvalue weighted by Gasteiger charge is -2.32. The van der Waals surface area contributed by atoms with Gasteiger partial charge in [0.25, 0.3) is 0 Å². The average molecular weight is 316 g/mol. The van der Waals surface area contributed by atoms with Gasteiger partial charge in [0.2, 0.25) is 0 Å². The molecule has 1 aromatic rings. The molecule has 3 rings (SSSR count). The van der Waals surface area contributed by atoms with E-state index >= 15 is 0 Å². The van der Waals surface area contributed by atoms with E-state index in [4.69, 9.17) is 0 Å². The van der Waals surface area contributed by atoms with Crippen LogP contribution in [0.5, 0.6) is 0 Å². The van der Waals surface area contributed by atoms with E-state index < -0.39 is 0 Å². The SMILES string of the molecule is Br[C@H]1[C@H]2CC[C@@H]1c1ccccc1[C@H]2Br. The van der Waals surface area contributed by atoms with Crippen molar-refractivity contribution in [3.8, 4) is 0 Å². The summed E-state index contributed by atoms with van der Waals surface area (Å²) in [5.41, 5.74) is 3.08. The second-order valence-electron chi connectivity index (χ2n) is 4.32. The number of halogens is 2. The zero-order chi connectivity index (χ0) is 9.71. The Morgan fingerprint density at radius 3 is 2.50 bits per heavy atom. The first-order valence-corrected chi connectivity index (χ1v) is 6.99. The molecule has 74 valence electrons. The van der Waals surface area contributed by atoms with Crippen LogP contribution in [0.25, 0.3) is 0 Å². The van der Waals surface area contributed by atoms with Crippen molar-refractivity contribution in [3.05, 3.63) is 35.4 Å². The monoisotopic (exact) mass is 314 g/mol. The Hall–Kier alpha value is 0.180. The number of fused-ring (bicyclic) bond motifs is 4. The van der Waals surface area contributed by atoms with Crippen molar-refractivity contribution in [2.75, 3.05) is 0 Å². The summed E-state index contributed by atoms with van der Waals surface area (Å²) in [6, 6.07) is 8.89. The van der Waals surface area contributed by atoms with Gasteiger partial charge < -0.3 is 0 Å². The van der Waals surface area contributed by atoms with Crippen molar-refractivity contribution in [2.45, 2.75) is 28.4 Å². The van der Waals surface area contributed by atoms with Crippen LogP contribution in [0, 0.1) is 5.92 Å². The van der Waals surface area contributed by atoms with Gasteiger partial charge in [-0.05, 0) is 35.8 Å². The fraction of sp³-hybridized carbons (Fsp3) is 0.500. The van der Waals surface area contributed by atoms with E-state index in [9.17, 15) is 0 Å². The Kier molecular flexibility index (Phi) is 2.25. The highest BCUT2D eigenvalue weighted by atomic mass is 79.9. The summed E-state index contributed by atoms with van der Waals surface area (Å²) in [7, 11) is 0. The maximum atomic E-state index is 3.86. The molecule has 0 spiro atoms. The Morgan fingerprint density at radius 1 is 1.00 bits per heavy atom. The Bertz CT molecular complexity index is 361. The van der Waals surface area contributed by atoms with Crippen LogP contribution in [-0.4, -0.2) is 4.83 Å². The van der Waals surface area contributed by atoms with Crippen molar-refractivity contribution in [3.63, 3.8) is 0 Å². The number of benzene rings is 1. The minimum Gasteiger partial charge on any atom is -0.0880 e. The molecule has 0 amide bonds. The summed E-state index contributed by atoms with van der Waals surface area (Å²) in [5, 5.41) is 0. The molecule has 1 fully saturated rings. The molecule has 2 bridgehead atoms. The first-order valence-electron chi connectivity index (χ1n) is 5.16. The number of hydrogen-bond donors (Lipinski definition) is 0. The highest BCUT2D eigenvalue weighted by molar-refractivity contribution is 9.10. The fourth-order valence-corrected chi connectivity index (χ4v) is 5.49. The van der Waals surface area contributed by atoms with Gasteiger partial charge in [0.15, 0.2) is 0 Å². The van der Waals surface area contributed by atoms with Crippen LogP contribution in [0.3, 0.4) is 0 Å². The van der Waals surface area contributed by atoms with Crippen LogP contribution in [0.1, 0.15) is 34.7 Å². The first kappa shape index (κ1) is 9.41. The van der Waals surface area contributed by atoms with Gasteiger partial charge in [0.1, 0.15) is 0 Å². The van der Waals surface area contributed by atoms with Gasteiger partial charge in [-0.1, -0.05) is 56.1 Å². The molecule has 14 heavy (non-hydrogen) atoms. The van der Waals surface area contributed by atoms with E-state index in [1.54, 1.807) is 5.56 Å². The number of hydrogen-bond acceptors (Lipinski definition) is 0. The van der Waals surface area contributed by atoms with Gasteiger partial charge in [-0.3, -0.25) is 0 Å². The molecule has 0 unspecified atom stereocenters. The van der Waals surface area contributed by atoms with Crippen molar-refractivity contribution in [1.29, 1.82) is 0 Å². The van der Waals surface area contributed by atoms with E-state index in [-0.39, 0.29) is 0 Å². The smallest absolute Gasteiger partial charge is 0.0437 e. The first-order chi connectivity index (χ1) is 6.79. The minimum absolute atomic E-state index is 0.557. The molecule has 1 saturated carbocycles. The molecule has 2 aliphatic rings. The van der Waals surface area contributed by atoms with E-state index in [0.717, 1.165) is 11.8 Å². The van der Waals surface area contributed by atoms with Crippen molar-refractivity contribution in [2.24, 2.45) is 5.92 Å². The summed E-state index contributed by atoms with van der Waals surface area (Å²) in [6.07, 6.45) is 2.70. The lowest BCUT2D eigenvalue weighted by Crippen LogP contribution is -2.24. The molecule has 0 aromatic heterocycles. The maximum absolute atomic E-state index is 3.86. The second kappa shape index (κ2) is 3.34. The number of alkyl halides is 2. The molecule has 1 aromatic carbocycles. The van der Waals surface area contributed by atoms with E-state index in [2.05, 4.69) is 56.1 Å². The molecular formula is C12H12Br2. The molecule has 0 N–H and O–H groups in total. The molecular weight excluding hydrogens is 304 g/mol. The summed E-state index contributed by atoms with van der Waals surface area (Å²) in [4.78, 5) is 1.24. The minimum atomic E-state index is 0.557. The molecule has 2 aliphatic carbocycles. The lowest BCUT2D eigenvalue weighted by molar-refractivity contribution is 0.527. The molecule has 0 aliphatic heterocycles. The van der Waals surface area contributed by atoms with Gasteiger partial charge in [-0.25, -0.2) is 0 Å². The number of rotatable bonds is 0. The predicted molar refractivity (Wildman–Crippen MR) is 66.3 cm³/mol. The third-order valence-electron chi connectivity index (χ3n) is 3.67. The second-order valence-corrected chi connectivity index (χ2v) is 6.37. The zero-order valence-electron chi connectivity index (χ0n) is 7.79. The van der Waals surface area contributed by atoms with Crippen molar-refractivity contribution >= 4 is 31.9 Å². The van der Waals surface area contributed by atoms with Crippen LogP contribution in [0.2, 0.25) is 0 Å². The van der Waals surface area contributed by atoms with Gasteiger partial charge in [0.05, 0.1) is 0 Å². The molecule has 0 saturated heterocycles. The topological polar surface area (TPSA) is 0 Å². The summed E-state index contributed by atoms with van der Waals surface area (Å²) in [5.74, 6) is 1.54. The Labute approximate surface area is 101 Å². The maximum Gasteiger partial charge on any atom is 0.0437 e. The highest BCUT2D eigenvalue weighted by Crippen LogP contribution is 2.56. The molecule has 0 nitrogen and oxygen atoms in total. The van der Waals surface area contributed by atoms with Crippen LogP contribution < -0.4 is 0 Å². The van der Waals surface area contributed by atoms with Crippen LogP contribution in [0.15, 0.2) is 24.3 Å². The van der Waals surface area contributed by atoms with Crippen LogP contribution in [0.4, 0.5) is 0 Å². The Morgan fingerprint density at radius 2 is 1.71 bits per heavy atom. The molecule has 2 heteroatoms. The summed E-state index contributed by atoms with van der Waals surface area (Å²) >= 11 is 7.71. The molecule has 0 radical (unpaired) electrons. The van der Waals surface area contributed by atoms with Gasteiger partial charge in [0, 0.05) is 9.65 Å². The van der Waals surface area contributed by atoms with E-state index in [1.807, 2.05) is 0 Å². The quantitative estimate of drug-likeness (QED) is 0.623. The van der Waals surface area contributed by atoms with Gasteiger partial charge in [-0.15, -0.1) is 0 Å². The van der Waals surface area contributed by atoms with Gasteiger partial charge in [-0.2, -0.15) is 0 Å². The van der Waals surface area contributed by atoms with Crippen molar-refractivity contribution < 1.29 is 0 Å². The predicted octanol–water partition coefficient (Wildman–Crippen LogP) is 4.39. The third kappa shape index (κ3) is 1.16. The molecule has 0 heterocycles. The fourth-order valence-electron chi connectivity index (χ4n) is 2.95. The standard InChI is InChI=1S/C12H12Br2/c13-11-8-4-2-1-3-7(8)9-5-6-10(11)12(9)14/h1-4,9-12H,5-6H2/t9-,10+,11-,12-/m1/s1. The molecule has 4 atom stereocenters. The Balaban J connectivity index is 2.17. The van der Waals surface area contributed by atoms with Gasteiger partial charge >= 0.3 is 0 Å². The van der Waals surface area contributed by atoms with Crippen LogP contribution >= 0.6 is 31.9 Å². The zero-order valence-corrected chi connectivity index (χ0v) is 11.0. The van der Waals surface area contributed by atoms with E-state index in [0.29, 0.717) is 9.65 Å². The third-order valence-corrected chi connectivity index (χ3v) is 6.16. The summed E-state index contributed by atoms with van der Waals surface area (Å²) in [6.45, 7) is 0. The average Bonchev–Trinajstić information content (AvgIpc) is 2.51. The summed E-state index contributed by atoms with van der Waals surface area (Å²) < 4.78 is 0. The normalized spacial score (nSPS) is 39.6. The van der Waals surface area contributed by atoms with E-state index in [1.165, 1.54) is 18.4 Å². The largest absolute Gasteiger partial charge is 0.0880 e.